The number of non-ortho nitro benzene ring substituents is 1. The number of carbonyl (C=O) groups excluding carboxylic acids is 1. The Morgan fingerprint density at radius 2 is 1.84 bits per heavy atom. The minimum absolute atomic E-state index is 0.00827. The summed E-state index contributed by atoms with van der Waals surface area (Å²) in [5.74, 6) is -0.0809. The average Bonchev–Trinajstić information content (AvgIpc) is 2.62. The number of nitrogens with zero attached hydrogens (tertiary/aromatic N) is 3. The van der Waals surface area contributed by atoms with Gasteiger partial charge in [-0.2, -0.15) is 0 Å². The highest BCUT2D eigenvalue weighted by Crippen LogP contribution is 2.21. The highest BCUT2D eigenvalue weighted by molar-refractivity contribution is 5.94. The van der Waals surface area contributed by atoms with Crippen LogP contribution in [0.15, 0.2) is 48.0 Å². The van der Waals surface area contributed by atoms with Crippen molar-refractivity contribution in [2.24, 2.45) is 0 Å². The summed E-state index contributed by atoms with van der Waals surface area (Å²) in [6.07, 6.45) is 3.73. The van der Waals surface area contributed by atoms with Gasteiger partial charge in [0.05, 0.1) is 10.6 Å². The Labute approximate surface area is 146 Å². The van der Waals surface area contributed by atoms with Crippen LogP contribution < -0.4 is 0 Å². The normalized spacial score (nSPS) is 14.3. The van der Waals surface area contributed by atoms with Crippen molar-refractivity contribution in [3.05, 3.63) is 75.1 Å². The minimum atomic E-state index is -0.467. The molecular formula is C19H19N3O3. The Kier molecular flexibility index (Phi) is 4.88. The molecule has 0 unspecified atom stereocenters. The SMILES string of the molecule is Cc1cccc(C=C2CCN(C(=O)c3ccc([N+](=O)[O-])cc3)CC2)n1. The van der Waals surface area contributed by atoms with E-state index in [0.29, 0.717) is 18.7 Å². The number of aryl methyl sites for hydroxylation is 1. The van der Waals surface area contributed by atoms with E-state index < -0.39 is 4.92 Å². The van der Waals surface area contributed by atoms with E-state index in [2.05, 4.69) is 11.1 Å². The first-order valence-corrected chi connectivity index (χ1v) is 8.20. The number of likely N-dealkylation sites (tertiary alicyclic amines) is 1. The molecule has 1 aliphatic heterocycles. The third-order valence-corrected chi connectivity index (χ3v) is 4.28. The molecule has 0 radical (unpaired) electrons. The molecule has 2 aromatic rings. The summed E-state index contributed by atoms with van der Waals surface area (Å²) >= 11 is 0. The number of benzene rings is 1. The quantitative estimate of drug-likeness (QED) is 0.633. The van der Waals surface area contributed by atoms with Crippen molar-refractivity contribution >= 4 is 17.7 Å². The fourth-order valence-corrected chi connectivity index (χ4v) is 2.90. The Bertz CT molecular complexity index is 818. The van der Waals surface area contributed by atoms with Gasteiger partial charge in [0.2, 0.25) is 0 Å². The number of hydrogen-bond donors (Lipinski definition) is 0. The van der Waals surface area contributed by atoms with Crippen LogP contribution in [0.3, 0.4) is 0 Å². The maximum absolute atomic E-state index is 12.5. The first kappa shape index (κ1) is 16.8. The molecule has 1 amide bonds. The average molecular weight is 337 g/mol. The van der Waals surface area contributed by atoms with Gasteiger partial charge in [-0.25, -0.2) is 0 Å². The van der Waals surface area contributed by atoms with Gasteiger partial charge in [0.1, 0.15) is 0 Å². The predicted molar refractivity (Wildman–Crippen MR) is 95.2 cm³/mol. The van der Waals surface area contributed by atoms with Gasteiger partial charge in [0, 0.05) is 36.5 Å². The van der Waals surface area contributed by atoms with Gasteiger partial charge in [-0.1, -0.05) is 11.6 Å². The van der Waals surface area contributed by atoms with Gasteiger partial charge >= 0.3 is 0 Å². The highest BCUT2D eigenvalue weighted by atomic mass is 16.6. The molecule has 0 N–H and O–H groups in total. The maximum atomic E-state index is 12.5. The van der Waals surface area contributed by atoms with E-state index >= 15 is 0 Å². The van der Waals surface area contributed by atoms with E-state index in [1.165, 1.54) is 29.8 Å². The van der Waals surface area contributed by atoms with Gasteiger partial charge in [-0.15, -0.1) is 0 Å². The minimum Gasteiger partial charge on any atom is -0.338 e. The molecule has 0 atom stereocenters. The van der Waals surface area contributed by atoms with Crippen LogP contribution in [0.4, 0.5) is 5.69 Å². The Balaban J connectivity index is 1.63. The van der Waals surface area contributed by atoms with Crippen molar-refractivity contribution in [2.75, 3.05) is 13.1 Å². The van der Waals surface area contributed by atoms with Gasteiger partial charge in [-0.3, -0.25) is 19.9 Å². The third kappa shape index (κ3) is 4.09. The molecule has 1 aromatic carbocycles. The van der Waals surface area contributed by atoms with E-state index in [1.54, 1.807) is 4.90 Å². The Morgan fingerprint density at radius 3 is 2.44 bits per heavy atom. The monoisotopic (exact) mass is 337 g/mol. The molecule has 1 aliphatic rings. The zero-order valence-electron chi connectivity index (χ0n) is 14.0. The lowest BCUT2D eigenvalue weighted by Crippen LogP contribution is -2.36. The topological polar surface area (TPSA) is 76.3 Å². The molecule has 6 nitrogen and oxygen atoms in total. The number of aromatic nitrogens is 1. The zero-order chi connectivity index (χ0) is 17.8. The van der Waals surface area contributed by atoms with Crippen molar-refractivity contribution in [3.63, 3.8) is 0 Å². The van der Waals surface area contributed by atoms with Crippen molar-refractivity contribution in [1.82, 2.24) is 9.88 Å². The van der Waals surface area contributed by atoms with E-state index in [0.717, 1.165) is 24.2 Å². The first-order chi connectivity index (χ1) is 12.0. The van der Waals surface area contributed by atoms with Gasteiger partial charge < -0.3 is 4.90 Å². The molecule has 1 saturated heterocycles. The lowest BCUT2D eigenvalue weighted by atomic mass is 10.0. The van der Waals surface area contributed by atoms with Gasteiger partial charge in [-0.05, 0) is 50.1 Å². The summed E-state index contributed by atoms with van der Waals surface area (Å²) in [4.78, 5) is 29.0. The molecule has 0 aliphatic carbocycles. The number of amides is 1. The van der Waals surface area contributed by atoms with Crippen molar-refractivity contribution in [1.29, 1.82) is 0 Å². The van der Waals surface area contributed by atoms with Crippen LogP contribution in [-0.2, 0) is 0 Å². The van der Waals surface area contributed by atoms with Gasteiger partial charge in [0.25, 0.3) is 11.6 Å². The number of carbonyl (C=O) groups is 1. The lowest BCUT2D eigenvalue weighted by Gasteiger charge is -2.28. The van der Waals surface area contributed by atoms with Crippen LogP contribution >= 0.6 is 0 Å². The molecule has 0 saturated carbocycles. The summed E-state index contributed by atoms with van der Waals surface area (Å²) < 4.78 is 0. The zero-order valence-corrected chi connectivity index (χ0v) is 14.0. The van der Waals surface area contributed by atoms with Gasteiger partial charge in [0.15, 0.2) is 0 Å². The largest absolute Gasteiger partial charge is 0.338 e. The summed E-state index contributed by atoms with van der Waals surface area (Å²) in [7, 11) is 0. The maximum Gasteiger partial charge on any atom is 0.269 e. The number of hydrogen-bond acceptors (Lipinski definition) is 4. The van der Waals surface area contributed by atoms with E-state index in [-0.39, 0.29) is 11.6 Å². The smallest absolute Gasteiger partial charge is 0.269 e. The molecular weight excluding hydrogens is 318 g/mol. The van der Waals surface area contributed by atoms with E-state index in [4.69, 9.17) is 0 Å². The molecule has 1 fully saturated rings. The van der Waals surface area contributed by atoms with Crippen molar-refractivity contribution in [3.8, 4) is 0 Å². The summed E-state index contributed by atoms with van der Waals surface area (Å²) in [6.45, 7) is 3.26. The second-order valence-corrected chi connectivity index (χ2v) is 6.10. The molecule has 2 heterocycles. The second kappa shape index (κ2) is 7.25. The fourth-order valence-electron chi connectivity index (χ4n) is 2.90. The van der Waals surface area contributed by atoms with Crippen LogP contribution in [-0.4, -0.2) is 33.8 Å². The van der Waals surface area contributed by atoms with Crippen molar-refractivity contribution < 1.29 is 9.72 Å². The van der Waals surface area contributed by atoms with Crippen LogP contribution in [0, 0.1) is 17.0 Å². The first-order valence-electron chi connectivity index (χ1n) is 8.20. The highest BCUT2D eigenvalue weighted by Gasteiger charge is 2.21. The number of rotatable bonds is 3. The van der Waals surface area contributed by atoms with Crippen LogP contribution in [0.25, 0.3) is 6.08 Å². The number of pyridine rings is 1. The Morgan fingerprint density at radius 1 is 1.16 bits per heavy atom. The molecule has 25 heavy (non-hydrogen) atoms. The molecule has 1 aromatic heterocycles. The second-order valence-electron chi connectivity index (χ2n) is 6.10. The fraction of sp³-hybridized carbons (Fsp3) is 0.263. The number of nitro benzene ring substituents is 1. The van der Waals surface area contributed by atoms with Crippen LogP contribution in [0.5, 0.6) is 0 Å². The molecule has 0 spiro atoms. The molecule has 6 heteroatoms. The third-order valence-electron chi connectivity index (χ3n) is 4.28. The van der Waals surface area contributed by atoms with Crippen LogP contribution in [0.1, 0.15) is 34.6 Å². The standard InChI is InChI=1S/C19H19N3O3/c1-14-3-2-4-17(20-14)13-15-9-11-21(12-10-15)19(23)16-5-7-18(8-6-16)22(24)25/h2-8,13H,9-12H2,1H3. The molecule has 0 bridgehead atoms. The number of nitro groups is 1. The molecule has 128 valence electrons. The predicted octanol–water partition coefficient (Wildman–Crippen LogP) is 3.62. The van der Waals surface area contributed by atoms with Crippen LogP contribution in [0.2, 0.25) is 0 Å². The summed E-state index contributed by atoms with van der Waals surface area (Å²) in [6, 6.07) is 11.7. The number of piperidine rings is 1. The van der Waals surface area contributed by atoms with E-state index in [9.17, 15) is 14.9 Å². The summed E-state index contributed by atoms with van der Waals surface area (Å²) in [5.41, 5.74) is 3.69. The van der Waals surface area contributed by atoms with E-state index in [1.807, 2.05) is 25.1 Å². The summed E-state index contributed by atoms with van der Waals surface area (Å²) in [5, 5.41) is 10.7. The Hall–Kier alpha value is -3.02. The van der Waals surface area contributed by atoms with Crippen molar-refractivity contribution in [2.45, 2.75) is 19.8 Å². The molecule has 3 rings (SSSR count). The lowest BCUT2D eigenvalue weighted by molar-refractivity contribution is -0.384.